The Bertz CT molecular complexity index is 823. The minimum atomic E-state index is -3.52. The lowest BCUT2D eigenvalue weighted by Gasteiger charge is -2.38. The maximum absolute atomic E-state index is 13.0. The van der Waals surface area contributed by atoms with E-state index in [4.69, 9.17) is 0 Å². The van der Waals surface area contributed by atoms with Crippen LogP contribution in [0.4, 0.5) is 10.5 Å². The van der Waals surface area contributed by atoms with Crippen LogP contribution >= 0.6 is 0 Å². The Morgan fingerprint density at radius 3 is 2.20 bits per heavy atom. The molecule has 2 saturated heterocycles. The molecule has 166 valence electrons. The Kier molecular flexibility index (Phi) is 6.95. The number of hydrogen-bond acceptors (Lipinski definition) is 4. The summed E-state index contributed by atoms with van der Waals surface area (Å²) in [4.78, 5) is 17.4. The number of amides is 2. The lowest BCUT2D eigenvalue weighted by Crippen LogP contribution is -2.52. The van der Waals surface area contributed by atoms with Crippen molar-refractivity contribution in [1.29, 1.82) is 0 Å². The van der Waals surface area contributed by atoms with Crippen LogP contribution in [0.2, 0.25) is 0 Å². The molecule has 1 aliphatic carbocycles. The molecule has 1 saturated carbocycles. The smallest absolute Gasteiger partial charge is 0.321 e. The molecular weight excluding hydrogens is 400 g/mol. The van der Waals surface area contributed by atoms with Crippen LogP contribution in [0.3, 0.4) is 0 Å². The van der Waals surface area contributed by atoms with Gasteiger partial charge in [-0.3, -0.25) is 4.90 Å². The van der Waals surface area contributed by atoms with Gasteiger partial charge in [0, 0.05) is 51.0 Å². The molecule has 2 amide bonds. The fraction of sp³-hybridized carbons (Fsp3) is 0.682. The molecular formula is C22H34N4O3S. The summed E-state index contributed by atoms with van der Waals surface area (Å²) in [5.41, 5.74) is 0.536. The molecule has 4 rings (SSSR count). The van der Waals surface area contributed by atoms with Gasteiger partial charge in [-0.25, -0.2) is 13.2 Å². The second kappa shape index (κ2) is 9.66. The van der Waals surface area contributed by atoms with E-state index < -0.39 is 10.0 Å². The average Bonchev–Trinajstić information content (AvgIpc) is 3.15. The van der Waals surface area contributed by atoms with Crippen LogP contribution in [0.1, 0.15) is 51.4 Å². The van der Waals surface area contributed by atoms with Gasteiger partial charge in [-0.15, -0.1) is 0 Å². The summed E-state index contributed by atoms with van der Waals surface area (Å²) >= 11 is 0. The van der Waals surface area contributed by atoms with Crippen LogP contribution in [0.15, 0.2) is 29.2 Å². The summed E-state index contributed by atoms with van der Waals surface area (Å²) in [5.74, 6) is 0. The van der Waals surface area contributed by atoms with Gasteiger partial charge in [0.15, 0.2) is 0 Å². The van der Waals surface area contributed by atoms with Crippen LogP contribution in [0.25, 0.3) is 0 Å². The number of hydrogen-bond donors (Lipinski definition) is 1. The number of nitrogens with one attached hydrogen (secondary N) is 1. The zero-order valence-corrected chi connectivity index (χ0v) is 18.6. The number of urea groups is 1. The quantitative estimate of drug-likeness (QED) is 0.789. The number of anilines is 1. The second-order valence-corrected chi connectivity index (χ2v) is 10.7. The fourth-order valence-electron chi connectivity index (χ4n) is 4.93. The SMILES string of the molecule is O=C(Nc1cccc(S(=O)(=O)N2CCCCCC2)c1)N1CCN(C2CCCC2)CC1. The predicted molar refractivity (Wildman–Crippen MR) is 118 cm³/mol. The van der Waals surface area contributed by atoms with E-state index in [1.165, 1.54) is 25.7 Å². The van der Waals surface area contributed by atoms with E-state index in [1.54, 1.807) is 28.6 Å². The Morgan fingerprint density at radius 2 is 1.53 bits per heavy atom. The van der Waals surface area contributed by atoms with Crippen LogP contribution in [-0.4, -0.2) is 73.9 Å². The number of benzene rings is 1. The predicted octanol–water partition coefficient (Wildman–Crippen LogP) is 3.34. The number of carbonyl (C=O) groups is 1. The van der Waals surface area contributed by atoms with Gasteiger partial charge in [-0.05, 0) is 43.9 Å². The Morgan fingerprint density at radius 1 is 0.867 bits per heavy atom. The topological polar surface area (TPSA) is 73.0 Å². The van der Waals surface area contributed by atoms with Crippen molar-refractivity contribution in [2.75, 3.05) is 44.6 Å². The van der Waals surface area contributed by atoms with Gasteiger partial charge < -0.3 is 10.2 Å². The third-order valence-corrected chi connectivity index (χ3v) is 8.63. The molecule has 1 aromatic carbocycles. The summed E-state index contributed by atoms with van der Waals surface area (Å²) in [6.07, 6.45) is 9.18. The molecule has 0 aromatic heterocycles. The summed E-state index contributed by atoms with van der Waals surface area (Å²) in [6, 6.07) is 7.22. The first kappa shape index (κ1) is 21.6. The van der Waals surface area contributed by atoms with Crippen LogP contribution in [0.5, 0.6) is 0 Å². The third-order valence-electron chi connectivity index (χ3n) is 6.73. The van der Waals surface area contributed by atoms with Crippen LogP contribution in [-0.2, 0) is 10.0 Å². The molecule has 1 aromatic rings. The maximum Gasteiger partial charge on any atom is 0.321 e. The Balaban J connectivity index is 1.36. The average molecular weight is 435 g/mol. The zero-order valence-electron chi connectivity index (χ0n) is 17.8. The van der Waals surface area contributed by atoms with Crippen molar-refractivity contribution in [2.24, 2.45) is 0 Å². The van der Waals surface area contributed by atoms with E-state index in [-0.39, 0.29) is 10.9 Å². The van der Waals surface area contributed by atoms with Crippen molar-refractivity contribution in [3.05, 3.63) is 24.3 Å². The summed E-state index contributed by atoms with van der Waals surface area (Å²) < 4.78 is 27.7. The van der Waals surface area contributed by atoms with Crippen molar-refractivity contribution < 1.29 is 13.2 Å². The lowest BCUT2D eigenvalue weighted by atomic mass is 10.2. The number of nitrogens with zero attached hydrogens (tertiary/aromatic N) is 3. The molecule has 8 heteroatoms. The van der Waals surface area contributed by atoms with Gasteiger partial charge in [-0.2, -0.15) is 4.31 Å². The van der Waals surface area contributed by atoms with E-state index >= 15 is 0 Å². The molecule has 2 heterocycles. The largest absolute Gasteiger partial charge is 0.322 e. The van der Waals surface area contributed by atoms with E-state index in [2.05, 4.69) is 10.2 Å². The number of rotatable bonds is 4. The highest BCUT2D eigenvalue weighted by Crippen LogP contribution is 2.25. The summed E-state index contributed by atoms with van der Waals surface area (Å²) in [6.45, 7) is 4.42. The number of carbonyl (C=O) groups excluding carboxylic acids is 1. The van der Waals surface area contributed by atoms with Crippen molar-refractivity contribution in [3.63, 3.8) is 0 Å². The van der Waals surface area contributed by atoms with Crippen LogP contribution < -0.4 is 5.32 Å². The molecule has 7 nitrogen and oxygen atoms in total. The van der Waals surface area contributed by atoms with Crippen molar-refractivity contribution in [3.8, 4) is 0 Å². The minimum Gasteiger partial charge on any atom is -0.322 e. The van der Waals surface area contributed by atoms with Gasteiger partial charge in [0.05, 0.1) is 4.90 Å². The lowest BCUT2D eigenvalue weighted by molar-refractivity contribution is 0.115. The maximum atomic E-state index is 13.0. The highest BCUT2D eigenvalue weighted by atomic mass is 32.2. The van der Waals surface area contributed by atoms with E-state index in [0.29, 0.717) is 37.9 Å². The number of sulfonamides is 1. The zero-order chi connectivity index (χ0) is 21.0. The molecule has 3 fully saturated rings. The normalized spacial score (nSPS) is 22.7. The van der Waals surface area contributed by atoms with Crippen molar-refractivity contribution in [1.82, 2.24) is 14.1 Å². The van der Waals surface area contributed by atoms with Gasteiger partial charge in [0.1, 0.15) is 0 Å². The summed E-state index contributed by atoms with van der Waals surface area (Å²) in [5, 5.41) is 2.91. The highest BCUT2D eigenvalue weighted by molar-refractivity contribution is 7.89. The first-order chi connectivity index (χ1) is 14.5. The van der Waals surface area contributed by atoms with Gasteiger partial charge in [0.2, 0.25) is 10.0 Å². The molecule has 3 aliphatic rings. The van der Waals surface area contributed by atoms with E-state index in [9.17, 15) is 13.2 Å². The van der Waals surface area contributed by atoms with Crippen molar-refractivity contribution >= 4 is 21.7 Å². The van der Waals surface area contributed by atoms with Crippen molar-refractivity contribution in [2.45, 2.75) is 62.3 Å². The summed E-state index contributed by atoms with van der Waals surface area (Å²) in [7, 11) is -3.52. The van der Waals surface area contributed by atoms with Gasteiger partial charge in [-0.1, -0.05) is 31.7 Å². The minimum absolute atomic E-state index is 0.148. The molecule has 1 N–H and O–H groups in total. The van der Waals surface area contributed by atoms with Crippen LogP contribution in [0, 0.1) is 0 Å². The van der Waals surface area contributed by atoms with E-state index in [1.807, 2.05) is 4.90 Å². The molecule has 30 heavy (non-hydrogen) atoms. The first-order valence-electron chi connectivity index (χ1n) is 11.4. The molecule has 0 radical (unpaired) electrons. The molecule has 0 unspecified atom stereocenters. The monoisotopic (exact) mass is 434 g/mol. The Labute approximate surface area is 180 Å². The molecule has 0 bridgehead atoms. The van der Waals surface area contributed by atoms with Gasteiger partial charge >= 0.3 is 6.03 Å². The molecule has 0 atom stereocenters. The van der Waals surface area contributed by atoms with Gasteiger partial charge in [0.25, 0.3) is 0 Å². The second-order valence-electron chi connectivity index (χ2n) is 8.74. The Hall–Kier alpha value is -1.64. The number of piperazine rings is 1. The highest BCUT2D eigenvalue weighted by Gasteiger charge is 2.28. The standard InChI is InChI=1S/C22H34N4O3S/c27-22(25-16-14-24(15-17-25)20-9-3-4-10-20)23-19-8-7-11-21(18-19)30(28,29)26-12-5-1-2-6-13-26/h7-8,11,18,20H,1-6,9-10,12-17H2,(H,23,27). The first-order valence-corrected chi connectivity index (χ1v) is 12.9. The van der Waals surface area contributed by atoms with E-state index in [0.717, 1.165) is 38.8 Å². The molecule has 2 aliphatic heterocycles. The molecule has 0 spiro atoms. The fourth-order valence-corrected chi connectivity index (χ4v) is 6.49. The third kappa shape index (κ3) is 4.98.